The molecular formula is C18H33NO5Si. The molecule has 0 saturated heterocycles. The van der Waals surface area contributed by atoms with Gasteiger partial charge in [0.25, 0.3) is 0 Å². The second-order valence-electron chi connectivity index (χ2n) is 7.68. The number of esters is 1. The Balaban J connectivity index is 4.09. The lowest BCUT2D eigenvalue weighted by Gasteiger charge is -2.38. The first kappa shape index (κ1) is 23.5. The van der Waals surface area contributed by atoms with Gasteiger partial charge in [0.15, 0.2) is 8.32 Å². The van der Waals surface area contributed by atoms with Crippen LogP contribution in [0.15, 0.2) is 12.7 Å². The van der Waals surface area contributed by atoms with E-state index in [-0.39, 0.29) is 55.2 Å². The van der Waals surface area contributed by atoms with E-state index in [0.717, 1.165) is 0 Å². The van der Waals surface area contributed by atoms with Crippen molar-refractivity contribution in [1.29, 1.82) is 0 Å². The molecule has 0 bridgehead atoms. The van der Waals surface area contributed by atoms with Crippen LogP contribution in [0.5, 0.6) is 0 Å². The van der Waals surface area contributed by atoms with Crippen molar-refractivity contribution in [2.75, 3.05) is 13.2 Å². The summed E-state index contributed by atoms with van der Waals surface area (Å²) >= 11 is 0. The second kappa shape index (κ2) is 10.5. The van der Waals surface area contributed by atoms with Crippen molar-refractivity contribution in [3.05, 3.63) is 12.7 Å². The SMILES string of the molecule is C=CCOC(=O)CC(=O)CCNC(=O)CC(C)O[Si](C)(C)C(C)(C)C. The third kappa shape index (κ3) is 10.2. The first-order valence-electron chi connectivity index (χ1n) is 8.61. The molecule has 25 heavy (non-hydrogen) atoms. The fraction of sp³-hybridized carbons (Fsp3) is 0.722. The van der Waals surface area contributed by atoms with Crippen molar-refractivity contribution >= 4 is 26.0 Å². The summed E-state index contributed by atoms with van der Waals surface area (Å²) in [6, 6.07) is 0. The van der Waals surface area contributed by atoms with E-state index in [0.29, 0.717) is 0 Å². The zero-order valence-corrected chi connectivity index (χ0v) is 17.4. The van der Waals surface area contributed by atoms with E-state index >= 15 is 0 Å². The Bertz CT molecular complexity index is 482. The molecule has 0 rings (SSSR count). The Labute approximate surface area is 152 Å². The van der Waals surface area contributed by atoms with Gasteiger partial charge in [0.05, 0.1) is 12.5 Å². The largest absolute Gasteiger partial charge is 0.461 e. The van der Waals surface area contributed by atoms with E-state index in [1.54, 1.807) is 0 Å². The van der Waals surface area contributed by atoms with Gasteiger partial charge >= 0.3 is 5.97 Å². The lowest BCUT2D eigenvalue weighted by atomic mass is 10.2. The van der Waals surface area contributed by atoms with Crippen LogP contribution < -0.4 is 5.32 Å². The van der Waals surface area contributed by atoms with Crippen molar-refractivity contribution in [3.63, 3.8) is 0 Å². The van der Waals surface area contributed by atoms with E-state index in [4.69, 9.17) is 9.16 Å². The molecule has 1 N–H and O–H groups in total. The summed E-state index contributed by atoms with van der Waals surface area (Å²) in [4.78, 5) is 34.8. The minimum Gasteiger partial charge on any atom is -0.461 e. The Morgan fingerprint density at radius 2 is 1.84 bits per heavy atom. The van der Waals surface area contributed by atoms with Gasteiger partial charge in [-0.05, 0) is 25.1 Å². The third-order valence-electron chi connectivity index (χ3n) is 4.20. The molecule has 6 nitrogen and oxygen atoms in total. The molecule has 0 heterocycles. The molecule has 1 amide bonds. The quantitative estimate of drug-likeness (QED) is 0.261. The van der Waals surface area contributed by atoms with Crippen LogP contribution in [-0.4, -0.2) is 45.2 Å². The summed E-state index contributed by atoms with van der Waals surface area (Å²) < 4.78 is 10.9. The molecule has 0 aliphatic heterocycles. The van der Waals surface area contributed by atoms with Crippen LogP contribution in [-0.2, 0) is 23.5 Å². The van der Waals surface area contributed by atoms with Gasteiger partial charge in [-0.1, -0.05) is 33.4 Å². The number of nitrogens with one attached hydrogen (secondary N) is 1. The molecule has 0 aromatic carbocycles. The smallest absolute Gasteiger partial charge is 0.313 e. The average molecular weight is 372 g/mol. The van der Waals surface area contributed by atoms with Gasteiger partial charge in [-0.3, -0.25) is 14.4 Å². The number of hydrogen-bond donors (Lipinski definition) is 1. The molecule has 0 fully saturated rings. The van der Waals surface area contributed by atoms with Crippen LogP contribution in [0, 0.1) is 0 Å². The maximum absolute atomic E-state index is 11.9. The van der Waals surface area contributed by atoms with E-state index in [1.807, 2.05) is 6.92 Å². The number of ketones is 1. The van der Waals surface area contributed by atoms with Crippen LogP contribution in [0.25, 0.3) is 0 Å². The highest BCUT2D eigenvalue weighted by atomic mass is 28.4. The van der Waals surface area contributed by atoms with Gasteiger partial charge in [0, 0.05) is 13.0 Å². The zero-order valence-electron chi connectivity index (χ0n) is 16.4. The van der Waals surface area contributed by atoms with E-state index < -0.39 is 14.3 Å². The summed E-state index contributed by atoms with van der Waals surface area (Å²) in [5.41, 5.74) is 0. The van der Waals surface area contributed by atoms with Crippen LogP contribution >= 0.6 is 0 Å². The number of Topliss-reactive ketones (excluding diaryl/α,β-unsaturated/α-hetero) is 1. The highest BCUT2D eigenvalue weighted by Crippen LogP contribution is 2.37. The van der Waals surface area contributed by atoms with Crippen LogP contribution in [0.2, 0.25) is 18.1 Å². The van der Waals surface area contributed by atoms with Crippen molar-refractivity contribution in [2.45, 2.75) is 71.2 Å². The van der Waals surface area contributed by atoms with Crippen LogP contribution in [0.3, 0.4) is 0 Å². The maximum Gasteiger partial charge on any atom is 0.313 e. The van der Waals surface area contributed by atoms with E-state index in [9.17, 15) is 14.4 Å². The molecule has 1 atom stereocenters. The van der Waals surface area contributed by atoms with Crippen molar-refractivity contribution in [3.8, 4) is 0 Å². The lowest BCUT2D eigenvalue weighted by molar-refractivity contribution is -0.144. The summed E-state index contributed by atoms with van der Waals surface area (Å²) in [5.74, 6) is -0.999. The Morgan fingerprint density at radius 1 is 1.24 bits per heavy atom. The van der Waals surface area contributed by atoms with Gasteiger partial charge in [0.1, 0.15) is 18.8 Å². The monoisotopic (exact) mass is 371 g/mol. The maximum atomic E-state index is 11.9. The number of ether oxygens (including phenoxy) is 1. The van der Waals surface area contributed by atoms with Gasteiger partial charge in [-0.25, -0.2) is 0 Å². The third-order valence-corrected chi connectivity index (χ3v) is 8.81. The normalized spacial score (nSPS) is 13.0. The average Bonchev–Trinajstić information content (AvgIpc) is 2.42. The number of hydrogen-bond acceptors (Lipinski definition) is 5. The first-order chi connectivity index (χ1) is 11.4. The Hall–Kier alpha value is -1.47. The first-order valence-corrected chi connectivity index (χ1v) is 11.5. The number of carbonyl (C=O) groups is 3. The molecule has 0 radical (unpaired) electrons. The van der Waals surface area contributed by atoms with Gasteiger partial charge < -0.3 is 14.5 Å². The minimum absolute atomic E-state index is 0.0877. The van der Waals surface area contributed by atoms with Crippen molar-refractivity contribution in [2.24, 2.45) is 0 Å². The van der Waals surface area contributed by atoms with Crippen molar-refractivity contribution < 1.29 is 23.5 Å². The summed E-state index contributed by atoms with van der Waals surface area (Å²) in [5, 5.41) is 2.78. The molecule has 0 aromatic heterocycles. The Kier molecular flexibility index (Phi) is 9.88. The number of carbonyl (C=O) groups excluding carboxylic acids is 3. The zero-order chi connectivity index (χ0) is 19.7. The fourth-order valence-corrected chi connectivity index (χ4v) is 3.29. The summed E-state index contributed by atoms with van der Waals surface area (Å²) in [6.45, 7) is 16.4. The van der Waals surface area contributed by atoms with Gasteiger partial charge in [-0.15, -0.1) is 0 Å². The number of rotatable bonds is 11. The minimum atomic E-state index is -1.91. The predicted octanol–water partition coefficient (Wildman–Crippen LogP) is 2.98. The standard InChI is InChI=1S/C18H33NO5Si/c1-8-11-23-17(22)13-15(20)9-10-19-16(21)12-14(2)24-25(6,7)18(3,4)5/h8,14H,1,9-13H2,2-7H3,(H,19,21). The van der Waals surface area contributed by atoms with E-state index in [2.05, 4.69) is 45.8 Å². The molecule has 0 aliphatic carbocycles. The summed E-state index contributed by atoms with van der Waals surface area (Å²) in [7, 11) is -1.91. The Morgan fingerprint density at radius 3 is 2.36 bits per heavy atom. The van der Waals surface area contributed by atoms with Crippen LogP contribution in [0.1, 0.15) is 47.0 Å². The van der Waals surface area contributed by atoms with Gasteiger partial charge in [0.2, 0.25) is 5.91 Å². The van der Waals surface area contributed by atoms with Crippen molar-refractivity contribution in [1.82, 2.24) is 5.32 Å². The van der Waals surface area contributed by atoms with Crippen LogP contribution in [0.4, 0.5) is 0 Å². The molecule has 0 aliphatic rings. The second-order valence-corrected chi connectivity index (χ2v) is 12.4. The lowest BCUT2D eigenvalue weighted by Crippen LogP contribution is -2.44. The topological polar surface area (TPSA) is 81.7 Å². The molecule has 7 heteroatoms. The van der Waals surface area contributed by atoms with Gasteiger partial charge in [-0.2, -0.15) is 0 Å². The molecule has 1 unspecified atom stereocenters. The molecule has 0 saturated carbocycles. The summed E-state index contributed by atoms with van der Waals surface area (Å²) in [6.07, 6.45) is 1.34. The molecule has 0 spiro atoms. The van der Waals surface area contributed by atoms with E-state index in [1.165, 1.54) is 6.08 Å². The molecule has 0 aromatic rings. The fourth-order valence-electron chi connectivity index (χ4n) is 1.85. The molecular weight excluding hydrogens is 338 g/mol. The predicted molar refractivity (Wildman–Crippen MR) is 101 cm³/mol. The highest BCUT2D eigenvalue weighted by Gasteiger charge is 2.38. The number of amides is 1. The molecule has 144 valence electrons. The highest BCUT2D eigenvalue weighted by molar-refractivity contribution is 6.74.